The summed E-state index contributed by atoms with van der Waals surface area (Å²) in [6, 6.07) is 15.8. The van der Waals surface area contributed by atoms with Crippen LogP contribution in [0.15, 0.2) is 47.6 Å². The summed E-state index contributed by atoms with van der Waals surface area (Å²) in [5, 5.41) is 21.8. The molecule has 0 amide bonds. The summed E-state index contributed by atoms with van der Waals surface area (Å²) in [6.45, 7) is 4.14. The van der Waals surface area contributed by atoms with Gasteiger partial charge in [-0.25, -0.2) is 0 Å². The van der Waals surface area contributed by atoms with Crippen LogP contribution in [0.3, 0.4) is 0 Å². The fourth-order valence-electron chi connectivity index (χ4n) is 2.26. The lowest BCUT2D eigenvalue weighted by Gasteiger charge is -2.09. The van der Waals surface area contributed by atoms with Crippen molar-refractivity contribution in [2.75, 3.05) is 0 Å². The van der Waals surface area contributed by atoms with E-state index in [9.17, 15) is 0 Å². The molecule has 3 aromatic rings. The lowest BCUT2D eigenvalue weighted by molar-refractivity contribution is 0.751. The number of aryl methyl sites for hydroxylation is 1. The van der Waals surface area contributed by atoms with E-state index in [1.807, 2.05) is 30.3 Å². The van der Waals surface area contributed by atoms with E-state index in [1.165, 1.54) is 5.56 Å². The van der Waals surface area contributed by atoms with Crippen molar-refractivity contribution in [3.63, 3.8) is 0 Å². The summed E-state index contributed by atoms with van der Waals surface area (Å²) < 4.78 is 1.77. The molecular formula is C17H15N5S. The van der Waals surface area contributed by atoms with E-state index >= 15 is 0 Å². The van der Waals surface area contributed by atoms with Crippen LogP contribution in [0.2, 0.25) is 0 Å². The maximum atomic E-state index is 8.97. The van der Waals surface area contributed by atoms with Crippen LogP contribution in [-0.2, 0) is 5.75 Å². The summed E-state index contributed by atoms with van der Waals surface area (Å²) in [5.41, 5.74) is 5.09. The molecule has 0 unspecified atom stereocenters. The molecule has 1 aromatic heterocycles. The van der Waals surface area contributed by atoms with Crippen LogP contribution in [0, 0.1) is 25.2 Å². The molecule has 114 valence electrons. The van der Waals surface area contributed by atoms with Crippen LogP contribution < -0.4 is 0 Å². The fraction of sp³-hybridized carbons (Fsp3) is 0.176. The zero-order valence-electron chi connectivity index (χ0n) is 12.9. The second kappa shape index (κ2) is 6.63. The van der Waals surface area contributed by atoms with Gasteiger partial charge >= 0.3 is 0 Å². The molecule has 0 aliphatic carbocycles. The fourth-order valence-corrected chi connectivity index (χ4v) is 3.09. The number of nitriles is 1. The molecule has 0 saturated carbocycles. The molecule has 0 radical (unpaired) electrons. The Hall–Kier alpha value is -2.65. The van der Waals surface area contributed by atoms with Gasteiger partial charge in [0.05, 0.1) is 17.3 Å². The second-order valence-electron chi connectivity index (χ2n) is 5.19. The molecule has 0 N–H and O–H groups in total. The Morgan fingerprint density at radius 3 is 2.83 bits per heavy atom. The van der Waals surface area contributed by atoms with Gasteiger partial charge in [-0.3, -0.25) is 0 Å². The third kappa shape index (κ3) is 3.25. The van der Waals surface area contributed by atoms with Crippen LogP contribution in [-0.4, -0.2) is 20.2 Å². The number of benzene rings is 2. The van der Waals surface area contributed by atoms with Crippen molar-refractivity contribution >= 4 is 11.8 Å². The standard InChI is InChI=1S/C17H15N5S/c1-12-5-3-8-16(13(12)2)22-17(19-20-21-22)23-11-15-7-4-6-14(9-15)10-18/h3-9H,11H2,1-2H3. The van der Waals surface area contributed by atoms with Crippen molar-refractivity contribution in [2.24, 2.45) is 0 Å². The monoisotopic (exact) mass is 321 g/mol. The van der Waals surface area contributed by atoms with Gasteiger partial charge in [-0.1, -0.05) is 36.0 Å². The molecule has 0 bridgehead atoms. The first kappa shape index (κ1) is 15.3. The second-order valence-corrected chi connectivity index (χ2v) is 6.14. The molecule has 2 aromatic carbocycles. The summed E-state index contributed by atoms with van der Waals surface area (Å²) in [7, 11) is 0. The third-order valence-electron chi connectivity index (χ3n) is 3.67. The van der Waals surface area contributed by atoms with E-state index in [4.69, 9.17) is 5.26 Å². The van der Waals surface area contributed by atoms with E-state index < -0.39 is 0 Å². The Kier molecular flexibility index (Phi) is 4.40. The third-order valence-corrected chi connectivity index (χ3v) is 4.66. The van der Waals surface area contributed by atoms with Crippen molar-refractivity contribution in [3.8, 4) is 11.8 Å². The van der Waals surface area contributed by atoms with E-state index in [0.29, 0.717) is 11.3 Å². The van der Waals surface area contributed by atoms with E-state index in [1.54, 1.807) is 22.5 Å². The highest BCUT2D eigenvalue weighted by Gasteiger charge is 2.12. The molecule has 0 fully saturated rings. The zero-order valence-corrected chi connectivity index (χ0v) is 13.7. The van der Waals surface area contributed by atoms with Crippen LogP contribution in [0.25, 0.3) is 5.69 Å². The van der Waals surface area contributed by atoms with E-state index in [0.717, 1.165) is 22.0 Å². The molecule has 0 saturated heterocycles. The first-order chi connectivity index (χ1) is 11.2. The lowest BCUT2D eigenvalue weighted by Crippen LogP contribution is -2.02. The molecule has 23 heavy (non-hydrogen) atoms. The minimum atomic E-state index is 0.664. The first-order valence-corrected chi connectivity index (χ1v) is 8.14. The van der Waals surface area contributed by atoms with E-state index in [2.05, 4.69) is 41.5 Å². The number of nitrogens with zero attached hydrogens (tertiary/aromatic N) is 5. The first-order valence-electron chi connectivity index (χ1n) is 7.16. The Bertz CT molecular complexity index is 879. The average molecular weight is 321 g/mol. The van der Waals surface area contributed by atoms with Crippen molar-refractivity contribution in [1.82, 2.24) is 20.2 Å². The predicted molar refractivity (Wildman–Crippen MR) is 89.3 cm³/mol. The Labute approximate surface area is 139 Å². The molecule has 3 rings (SSSR count). The van der Waals surface area contributed by atoms with Crippen molar-refractivity contribution < 1.29 is 0 Å². The molecule has 0 aliphatic heterocycles. The number of hydrogen-bond acceptors (Lipinski definition) is 5. The molecule has 0 atom stereocenters. The summed E-state index contributed by atoms with van der Waals surface area (Å²) in [5.74, 6) is 0.709. The summed E-state index contributed by atoms with van der Waals surface area (Å²) >= 11 is 1.55. The van der Waals surface area contributed by atoms with Gasteiger partial charge < -0.3 is 0 Å². The Morgan fingerprint density at radius 2 is 2.00 bits per heavy atom. The van der Waals surface area contributed by atoms with Crippen LogP contribution in [0.5, 0.6) is 0 Å². The molecule has 0 aliphatic rings. The van der Waals surface area contributed by atoms with Gasteiger partial charge in [-0.15, -0.1) is 5.10 Å². The maximum Gasteiger partial charge on any atom is 0.214 e. The van der Waals surface area contributed by atoms with Gasteiger partial charge in [0.2, 0.25) is 5.16 Å². The highest BCUT2D eigenvalue weighted by molar-refractivity contribution is 7.98. The molecule has 1 heterocycles. The van der Waals surface area contributed by atoms with Crippen molar-refractivity contribution in [3.05, 3.63) is 64.7 Å². The van der Waals surface area contributed by atoms with Gasteiger partial charge in [-0.2, -0.15) is 9.94 Å². The number of thioether (sulfide) groups is 1. The maximum absolute atomic E-state index is 8.97. The van der Waals surface area contributed by atoms with Gasteiger partial charge in [0.25, 0.3) is 0 Å². The van der Waals surface area contributed by atoms with Crippen LogP contribution in [0.4, 0.5) is 0 Å². The normalized spacial score (nSPS) is 10.5. The molecule has 6 heteroatoms. The highest BCUT2D eigenvalue weighted by Crippen LogP contribution is 2.25. The van der Waals surface area contributed by atoms with Gasteiger partial charge in [0.15, 0.2) is 0 Å². The number of rotatable bonds is 4. The molecule has 5 nitrogen and oxygen atoms in total. The minimum absolute atomic E-state index is 0.664. The van der Waals surface area contributed by atoms with Gasteiger partial charge in [-0.05, 0) is 59.2 Å². The summed E-state index contributed by atoms with van der Waals surface area (Å²) in [4.78, 5) is 0. The van der Waals surface area contributed by atoms with Gasteiger partial charge in [0.1, 0.15) is 0 Å². The average Bonchev–Trinajstić information content (AvgIpc) is 3.04. The smallest absolute Gasteiger partial charge is 0.192 e. The lowest BCUT2D eigenvalue weighted by atomic mass is 10.1. The highest BCUT2D eigenvalue weighted by atomic mass is 32.2. The number of aromatic nitrogens is 4. The topological polar surface area (TPSA) is 67.4 Å². The Morgan fingerprint density at radius 1 is 1.17 bits per heavy atom. The van der Waals surface area contributed by atoms with Crippen LogP contribution >= 0.6 is 11.8 Å². The largest absolute Gasteiger partial charge is 0.214 e. The van der Waals surface area contributed by atoms with Crippen molar-refractivity contribution in [1.29, 1.82) is 5.26 Å². The minimum Gasteiger partial charge on any atom is -0.192 e. The van der Waals surface area contributed by atoms with E-state index in [-0.39, 0.29) is 0 Å². The zero-order chi connectivity index (χ0) is 16.2. The number of hydrogen-bond donors (Lipinski definition) is 0. The van der Waals surface area contributed by atoms with Crippen molar-refractivity contribution in [2.45, 2.75) is 24.8 Å². The Balaban J connectivity index is 1.84. The summed E-state index contributed by atoms with van der Waals surface area (Å²) in [6.07, 6.45) is 0. The molecule has 0 spiro atoms. The predicted octanol–water partition coefficient (Wildman–Crippen LogP) is 3.44. The SMILES string of the molecule is Cc1cccc(-n2nnnc2SCc2cccc(C#N)c2)c1C. The van der Waals surface area contributed by atoms with Crippen LogP contribution in [0.1, 0.15) is 22.3 Å². The number of tetrazole rings is 1. The van der Waals surface area contributed by atoms with Gasteiger partial charge in [0, 0.05) is 5.75 Å². The molecular weight excluding hydrogens is 306 g/mol. The quantitative estimate of drug-likeness (QED) is 0.689.